The molecule has 4 N–H and O–H groups in total. The van der Waals surface area contributed by atoms with Gasteiger partial charge in [-0.25, -0.2) is 13.2 Å². The number of nitrogens with two attached hydrogens (primary N) is 1. The number of benzene rings is 1. The lowest BCUT2D eigenvalue weighted by molar-refractivity contribution is 0.238. The molecule has 0 saturated heterocycles. The van der Waals surface area contributed by atoms with Gasteiger partial charge in [0.25, 0.3) is 0 Å². The number of rotatable bonds is 4. The number of hydrogen-bond acceptors (Lipinski definition) is 4. The number of nitrogens with one attached hydrogen (secondary N) is 2. The fourth-order valence-electron chi connectivity index (χ4n) is 2.68. The molecule has 122 valence electrons. The van der Waals surface area contributed by atoms with Crippen LogP contribution in [0.15, 0.2) is 29.2 Å². The van der Waals surface area contributed by atoms with Gasteiger partial charge in [-0.15, -0.1) is 0 Å². The molecule has 6 nitrogen and oxygen atoms in total. The van der Waals surface area contributed by atoms with E-state index in [1.165, 1.54) is 12.1 Å². The van der Waals surface area contributed by atoms with Gasteiger partial charge in [-0.2, -0.15) is 0 Å². The second-order valence-electron chi connectivity index (χ2n) is 5.85. The van der Waals surface area contributed by atoms with Crippen molar-refractivity contribution in [2.24, 2.45) is 11.7 Å². The van der Waals surface area contributed by atoms with Crippen LogP contribution in [0.1, 0.15) is 25.7 Å². The van der Waals surface area contributed by atoms with E-state index in [4.69, 9.17) is 5.73 Å². The Bertz CT molecular complexity index is 605. The standard InChI is InChI=1S/C15H23N3O3S/c1-22(20,21)14-8-6-13(7-9-14)18-15(19)17-12-4-2-11(10-16)3-5-12/h6-9,11-12H,2-5,10,16H2,1H3,(H2,17,18,19)/t11-,12+. The molecule has 2 rings (SSSR count). The molecule has 2 amide bonds. The van der Waals surface area contributed by atoms with Crippen molar-refractivity contribution >= 4 is 21.6 Å². The predicted molar refractivity (Wildman–Crippen MR) is 86.5 cm³/mol. The Balaban J connectivity index is 1.85. The fourth-order valence-corrected chi connectivity index (χ4v) is 3.31. The van der Waals surface area contributed by atoms with Crippen LogP contribution in [-0.4, -0.2) is 33.3 Å². The normalized spacial score (nSPS) is 22.1. The number of hydrogen-bond donors (Lipinski definition) is 3. The van der Waals surface area contributed by atoms with E-state index in [0.29, 0.717) is 18.2 Å². The SMILES string of the molecule is CS(=O)(=O)c1ccc(NC(=O)N[C@H]2CC[C@@H](CN)CC2)cc1. The molecule has 1 saturated carbocycles. The average Bonchev–Trinajstić information content (AvgIpc) is 2.47. The first-order valence-corrected chi connectivity index (χ1v) is 9.35. The van der Waals surface area contributed by atoms with Crippen molar-refractivity contribution in [2.45, 2.75) is 36.6 Å². The van der Waals surface area contributed by atoms with Crippen LogP contribution in [0.2, 0.25) is 0 Å². The first-order valence-electron chi connectivity index (χ1n) is 7.46. The quantitative estimate of drug-likeness (QED) is 0.784. The van der Waals surface area contributed by atoms with Gasteiger partial charge in [0.05, 0.1) is 4.90 Å². The van der Waals surface area contributed by atoms with E-state index in [0.717, 1.165) is 31.9 Å². The van der Waals surface area contributed by atoms with Crippen molar-refractivity contribution in [1.29, 1.82) is 0 Å². The molecule has 0 bridgehead atoms. The van der Waals surface area contributed by atoms with Crippen LogP contribution in [-0.2, 0) is 9.84 Å². The van der Waals surface area contributed by atoms with Gasteiger partial charge in [-0.3, -0.25) is 0 Å². The Kier molecular flexibility index (Phi) is 5.42. The van der Waals surface area contributed by atoms with Gasteiger partial charge >= 0.3 is 6.03 Å². The van der Waals surface area contributed by atoms with Crippen LogP contribution < -0.4 is 16.4 Å². The molecule has 1 aromatic rings. The fraction of sp³-hybridized carbons (Fsp3) is 0.533. The first kappa shape index (κ1) is 16.8. The van der Waals surface area contributed by atoms with E-state index in [1.807, 2.05) is 0 Å². The predicted octanol–water partition coefficient (Wildman–Crippen LogP) is 1.73. The molecule has 1 fully saturated rings. The Hall–Kier alpha value is -1.60. The maximum Gasteiger partial charge on any atom is 0.319 e. The number of amides is 2. The number of carbonyl (C=O) groups is 1. The average molecular weight is 325 g/mol. The number of sulfone groups is 1. The number of anilines is 1. The molecule has 1 aromatic carbocycles. The number of urea groups is 1. The third-order valence-corrected chi connectivity index (χ3v) is 5.18. The van der Waals surface area contributed by atoms with Gasteiger partial charge in [0.15, 0.2) is 9.84 Å². The van der Waals surface area contributed by atoms with Crippen molar-refractivity contribution in [2.75, 3.05) is 18.1 Å². The van der Waals surface area contributed by atoms with Crippen LogP contribution in [0.3, 0.4) is 0 Å². The van der Waals surface area contributed by atoms with Crippen molar-refractivity contribution in [1.82, 2.24) is 5.32 Å². The lowest BCUT2D eigenvalue weighted by Crippen LogP contribution is -2.40. The van der Waals surface area contributed by atoms with Gasteiger partial charge in [0, 0.05) is 18.0 Å². The highest BCUT2D eigenvalue weighted by Gasteiger charge is 2.21. The Morgan fingerprint density at radius 2 is 1.77 bits per heavy atom. The zero-order chi connectivity index (χ0) is 16.2. The van der Waals surface area contributed by atoms with E-state index in [9.17, 15) is 13.2 Å². The molecular weight excluding hydrogens is 302 g/mol. The minimum absolute atomic E-state index is 0.179. The van der Waals surface area contributed by atoms with Crippen LogP contribution in [0, 0.1) is 5.92 Å². The summed E-state index contributed by atoms with van der Waals surface area (Å²) in [4.78, 5) is 12.2. The van der Waals surface area contributed by atoms with Crippen molar-refractivity contribution in [3.8, 4) is 0 Å². The maximum absolute atomic E-state index is 11.9. The molecule has 7 heteroatoms. The largest absolute Gasteiger partial charge is 0.335 e. The third kappa shape index (κ3) is 4.71. The summed E-state index contributed by atoms with van der Waals surface area (Å²) in [6, 6.07) is 6.05. The second-order valence-corrected chi connectivity index (χ2v) is 7.86. The number of carbonyl (C=O) groups excluding carboxylic acids is 1. The smallest absolute Gasteiger partial charge is 0.319 e. The molecule has 1 aliphatic carbocycles. The molecule has 0 atom stereocenters. The lowest BCUT2D eigenvalue weighted by atomic mass is 9.86. The summed E-state index contributed by atoms with van der Waals surface area (Å²) in [6.07, 6.45) is 5.14. The Labute approximate surface area is 131 Å². The summed E-state index contributed by atoms with van der Waals surface area (Å²) in [7, 11) is -3.22. The molecule has 0 aromatic heterocycles. The van der Waals surface area contributed by atoms with E-state index in [2.05, 4.69) is 10.6 Å². The second kappa shape index (κ2) is 7.11. The van der Waals surface area contributed by atoms with Crippen LogP contribution >= 0.6 is 0 Å². The molecule has 22 heavy (non-hydrogen) atoms. The Morgan fingerprint density at radius 1 is 1.18 bits per heavy atom. The van der Waals surface area contributed by atoms with Crippen molar-refractivity contribution in [3.63, 3.8) is 0 Å². The monoisotopic (exact) mass is 325 g/mol. The molecular formula is C15H23N3O3S. The minimum Gasteiger partial charge on any atom is -0.335 e. The summed E-state index contributed by atoms with van der Waals surface area (Å²) in [5.74, 6) is 0.574. The van der Waals surface area contributed by atoms with E-state index >= 15 is 0 Å². The Morgan fingerprint density at radius 3 is 2.27 bits per heavy atom. The van der Waals surface area contributed by atoms with Crippen LogP contribution in [0.4, 0.5) is 10.5 Å². The van der Waals surface area contributed by atoms with E-state index < -0.39 is 9.84 Å². The van der Waals surface area contributed by atoms with Gasteiger partial charge < -0.3 is 16.4 Å². The highest BCUT2D eigenvalue weighted by Crippen LogP contribution is 2.23. The molecule has 0 spiro atoms. The topological polar surface area (TPSA) is 101 Å². The molecule has 0 radical (unpaired) electrons. The molecule has 0 heterocycles. The molecule has 1 aliphatic rings. The highest BCUT2D eigenvalue weighted by atomic mass is 32.2. The summed E-state index contributed by atoms with van der Waals surface area (Å²) >= 11 is 0. The van der Waals surface area contributed by atoms with Gasteiger partial charge in [-0.05, 0) is 62.4 Å². The van der Waals surface area contributed by atoms with Crippen molar-refractivity contribution in [3.05, 3.63) is 24.3 Å². The third-order valence-electron chi connectivity index (χ3n) is 4.06. The molecule has 0 unspecified atom stereocenters. The lowest BCUT2D eigenvalue weighted by Gasteiger charge is -2.28. The van der Waals surface area contributed by atoms with Gasteiger partial charge in [0.1, 0.15) is 0 Å². The van der Waals surface area contributed by atoms with Crippen molar-refractivity contribution < 1.29 is 13.2 Å². The molecule has 0 aliphatic heterocycles. The van der Waals surface area contributed by atoms with Crippen LogP contribution in [0.5, 0.6) is 0 Å². The van der Waals surface area contributed by atoms with Gasteiger partial charge in [-0.1, -0.05) is 0 Å². The van der Waals surface area contributed by atoms with E-state index in [-0.39, 0.29) is 17.0 Å². The van der Waals surface area contributed by atoms with Crippen LogP contribution in [0.25, 0.3) is 0 Å². The maximum atomic E-state index is 11.9. The summed E-state index contributed by atoms with van der Waals surface area (Å²) in [6.45, 7) is 0.714. The zero-order valence-corrected chi connectivity index (χ0v) is 13.5. The minimum atomic E-state index is -3.22. The summed E-state index contributed by atoms with van der Waals surface area (Å²) in [5, 5.41) is 5.67. The highest BCUT2D eigenvalue weighted by molar-refractivity contribution is 7.90. The van der Waals surface area contributed by atoms with E-state index in [1.54, 1.807) is 12.1 Å². The van der Waals surface area contributed by atoms with Gasteiger partial charge in [0.2, 0.25) is 0 Å². The zero-order valence-electron chi connectivity index (χ0n) is 12.7. The summed E-state index contributed by atoms with van der Waals surface area (Å²) < 4.78 is 22.7. The summed E-state index contributed by atoms with van der Waals surface area (Å²) in [5.41, 5.74) is 6.22. The first-order chi connectivity index (χ1) is 10.4.